The van der Waals surface area contributed by atoms with Crippen molar-refractivity contribution in [2.24, 2.45) is 0 Å². The lowest BCUT2D eigenvalue weighted by Crippen LogP contribution is -2.07. The van der Waals surface area contributed by atoms with Crippen LogP contribution in [0.3, 0.4) is 0 Å². The van der Waals surface area contributed by atoms with Crippen molar-refractivity contribution in [3.63, 3.8) is 0 Å². The predicted molar refractivity (Wildman–Crippen MR) is 64.6 cm³/mol. The number of nitrogens with zero attached hydrogens (tertiary/aromatic N) is 1. The maximum Gasteiger partial charge on any atom is 0.0497 e. The van der Waals surface area contributed by atoms with Crippen LogP contribution in [0.4, 0.5) is 5.69 Å². The van der Waals surface area contributed by atoms with Gasteiger partial charge in [-0.2, -0.15) is 0 Å². The number of rotatable bonds is 1. The molecule has 1 aromatic rings. The van der Waals surface area contributed by atoms with Crippen molar-refractivity contribution >= 4 is 5.69 Å². The molecule has 3 rings (SSSR count). The molecule has 1 aliphatic carbocycles. The van der Waals surface area contributed by atoms with Gasteiger partial charge in [0.2, 0.25) is 0 Å². The summed E-state index contributed by atoms with van der Waals surface area (Å²) >= 11 is 0. The molecule has 1 saturated heterocycles. The van der Waals surface area contributed by atoms with Gasteiger partial charge in [0, 0.05) is 17.8 Å². The Balaban J connectivity index is 1.99. The van der Waals surface area contributed by atoms with Gasteiger partial charge < -0.3 is 4.90 Å². The zero-order valence-corrected chi connectivity index (χ0v) is 9.88. The van der Waals surface area contributed by atoms with E-state index in [0.29, 0.717) is 0 Å². The topological polar surface area (TPSA) is 3.01 Å². The van der Waals surface area contributed by atoms with Crippen molar-refractivity contribution in [3.8, 4) is 0 Å². The lowest BCUT2D eigenvalue weighted by atomic mass is 10.0. The summed E-state index contributed by atoms with van der Waals surface area (Å²) in [5, 5.41) is 0. The van der Waals surface area contributed by atoms with Crippen LogP contribution in [0.5, 0.6) is 0 Å². The normalized spacial score (nSPS) is 28.1. The van der Waals surface area contributed by atoms with Gasteiger partial charge in [-0.1, -0.05) is 17.7 Å². The summed E-state index contributed by atoms with van der Waals surface area (Å²) in [6.45, 7) is 6.69. The van der Waals surface area contributed by atoms with Gasteiger partial charge in [-0.05, 0) is 51.2 Å². The molecule has 1 aliphatic heterocycles. The van der Waals surface area contributed by atoms with Crippen LogP contribution in [0.25, 0.3) is 0 Å². The number of hydrogen-bond acceptors (Lipinski definition) is 1. The van der Waals surface area contributed by atoms with Crippen molar-refractivity contribution in [1.29, 1.82) is 0 Å². The summed E-state index contributed by atoms with van der Waals surface area (Å²) in [6, 6.07) is 6.39. The second-order valence-electron chi connectivity index (χ2n) is 5.22. The van der Waals surface area contributed by atoms with E-state index in [0.717, 1.165) is 12.1 Å². The lowest BCUT2D eigenvalue weighted by Gasteiger charge is -2.16. The molecule has 1 heteroatoms. The van der Waals surface area contributed by atoms with Gasteiger partial charge >= 0.3 is 0 Å². The van der Waals surface area contributed by atoms with Crippen LogP contribution in [-0.4, -0.2) is 12.1 Å². The molecule has 15 heavy (non-hydrogen) atoms. The average Bonchev–Trinajstić information content (AvgIpc) is 2.63. The van der Waals surface area contributed by atoms with Crippen LogP contribution < -0.4 is 4.90 Å². The van der Waals surface area contributed by atoms with E-state index in [1.54, 1.807) is 0 Å². The van der Waals surface area contributed by atoms with Gasteiger partial charge in [0.15, 0.2) is 0 Å². The van der Waals surface area contributed by atoms with Crippen molar-refractivity contribution in [2.45, 2.75) is 52.1 Å². The number of fused-ring (bicyclic) bond motifs is 1. The molecule has 0 radical (unpaired) electrons. The van der Waals surface area contributed by atoms with E-state index in [2.05, 4.69) is 37.8 Å². The Morgan fingerprint density at radius 1 is 1.00 bits per heavy atom. The quantitative estimate of drug-likeness (QED) is 0.630. The van der Waals surface area contributed by atoms with Gasteiger partial charge in [0.25, 0.3) is 0 Å². The summed E-state index contributed by atoms with van der Waals surface area (Å²) < 4.78 is 0. The van der Waals surface area contributed by atoms with Gasteiger partial charge in [-0.15, -0.1) is 0 Å². The highest BCUT2D eigenvalue weighted by Gasteiger charge is 2.51. The van der Waals surface area contributed by atoms with E-state index in [-0.39, 0.29) is 0 Å². The molecule has 0 bridgehead atoms. The van der Waals surface area contributed by atoms with Crippen molar-refractivity contribution < 1.29 is 0 Å². The molecule has 2 fully saturated rings. The third kappa shape index (κ3) is 1.29. The smallest absolute Gasteiger partial charge is 0.0497 e. The standard InChI is InChI=1S/C14H19N/c1-9-7-10(2)14(11(3)8-9)15-12-5-4-6-13(12)15/h7-8,12-13H,4-6H2,1-3H3. The molecule has 2 aliphatic rings. The first kappa shape index (κ1) is 9.26. The van der Waals surface area contributed by atoms with Crippen LogP contribution in [0.15, 0.2) is 12.1 Å². The van der Waals surface area contributed by atoms with E-state index < -0.39 is 0 Å². The lowest BCUT2D eigenvalue weighted by molar-refractivity contribution is 0.775. The van der Waals surface area contributed by atoms with Crippen molar-refractivity contribution in [3.05, 3.63) is 28.8 Å². The first-order valence-corrected chi connectivity index (χ1v) is 6.04. The largest absolute Gasteiger partial charge is 0.361 e. The van der Waals surface area contributed by atoms with Crippen molar-refractivity contribution in [2.75, 3.05) is 4.90 Å². The Morgan fingerprint density at radius 2 is 1.53 bits per heavy atom. The number of aryl methyl sites for hydroxylation is 3. The Morgan fingerprint density at radius 3 is 2.07 bits per heavy atom. The summed E-state index contributed by atoms with van der Waals surface area (Å²) in [5.74, 6) is 0. The van der Waals surface area contributed by atoms with E-state index in [4.69, 9.17) is 0 Å². The zero-order valence-electron chi connectivity index (χ0n) is 9.88. The highest BCUT2D eigenvalue weighted by atomic mass is 15.4. The van der Waals surface area contributed by atoms with Crippen LogP contribution in [-0.2, 0) is 0 Å². The second kappa shape index (κ2) is 3.01. The van der Waals surface area contributed by atoms with E-state index in [9.17, 15) is 0 Å². The SMILES string of the molecule is Cc1cc(C)c(N2C3CCCC32)c(C)c1. The Kier molecular flexibility index (Phi) is 1.86. The number of benzene rings is 1. The molecule has 0 aromatic heterocycles. The first-order valence-electron chi connectivity index (χ1n) is 6.04. The first-order chi connectivity index (χ1) is 7.18. The molecule has 1 nitrogen and oxygen atoms in total. The Hall–Kier alpha value is -0.980. The summed E-state index contributed by atoms with van der Waals surface area (Å²) in [7, 11) is 0. The number of anilines is 1. The molecule has 0 N–H and O–H groups in total. The predicted octanol–water partition coefficient (Wildman–Crippen LogP) is 3.35. The Bertz CT molecular complexity index is 375. The minimum absolute atomic E-state index is 0.880. The maximum absolute atomic E-state index is 2.65. The van der Waals surface area contributed by atoms with Gasteiger partial charge in [0.1, 0.15) is 0 Å². The minimum atomic E-state index is 0.880. The number of piperidine rings is 1. The molecule has 0 spiro atoms. The molecule has 80 valence electrons. The minimum Gasteiger partial charge on any atom is -0.361 e. The fourth-order valence-corrected chi connectivity index (χ4v) is 3.45. The van der Waals surface area contributed by atoms with Gasteiger partial charge in [0.05, 0.1) is 0 Å². The van der Waals surface area contributed by atoms with E-state index in [1.165, 1.54) is 41.6 Å². The molecule has 1 saturated carbocycles. The Labute approximate surface area is 92.1 Å². The molecular formula is C14H19N. The fraction of sp³-hybridized carbons (Fsp3) is 0.571. The van der Waals surface area contributed by atoms with Gasteiger partial charge in [-0.25, -0.2) is 0 Å². The highest BCUT2D eigenvalue weighted by molar-refractivity contribution is 5.67. The zero-order chi connectivity index (χ0) is 10.6. The maximum atomic E-state index is 2.65. The average molecular weight is 201 g/mol. The monoisotopic (exact) mass is 201 g/mol. The van der Waals surface area contributed by atoms with E-state index >= 15 is 0 Å². The van der Waals surface area contributed by atoms with Crippen molar-refractivity contribution in [1.82, 2.24) is 0 Å². The molecule has 2 atom stereocenters. The summed E-state index contributed by atoms with van der Waals surface area (Å²) in [6.07, 6.45) is 4.27. The third-order valence-corrected chi connectivity index (χ3v) is 3.96. The molecule has 1 aromatic carbocycles. The molecular weight excluding hydrogens is 182 g/mol. The number of hydrogen-bond donors (Lipinski definition) is 0. The fourth-order valence-electron chi connectivity index (χ4n) is 3.45. The van der Waals surface area contributed by atoms with Crippen LogP contribution in [0.2, 0.25) is 0 Å². The third-order valence-electron chi connectivity index (χ3n) is 3.96. The van der Waals surface area contributed by atoms with Crippen LogP contribution >= 0.6 is 0 Å². The molecule has 2 unspecified atom stereocenters. The second-order valence-corrected chi connectivity index (χ2v) is 5.22. The van der Waals surface area contributed by atoms with E-state index in [1.807, 2.05) is 0 Å². The highest BCUT2D eigenvalue weighted by Crippen LogP contribution is 2.48. The summed E-state index contributed by atoms with van der Waals surface area (Å²) in [4.78, 5) is 2.65. The summed E-state index contributed by atoms with van der Waals surface area (Å²) in [5.41, 5.74) is 5.83. The van der Waals surface area contributed by atoms with Crippen LogP contribution in [0.1, 0.15) is 36.0 Å². The van der Waals surface area contributed by atoms with Gasteiger partial charge in [-0.3, -0.25) is 0 Å². The molecule has 1 heterocycles. The van der Waals surface area contributed by atoms with Crippen LogP contribution in [0, 0.1) is 20.8 Å². The molecule has 0 amide bonds.